The van der Waals surface area contributed by atoms with Gasteiger partial charge in [0.1, 0.15) is 6.04 Å². The molecule has 1 amide bonds. The number of fused-ring (bicyclic) bond motifs is 1. The van der Waals surface area contributed by atoms with Gasteiger partial charge in [-0.2, -0.15) is 0 Å². The topological polar surface area (TPSA) is 46.9 Å². The van der Waals surface area contributed by atoms with Crippen molar-refractivity contribution in [1.29, 1.82) is 0 Å². The number of hydrogen-bond acceptors (Lipinski definition) is 3. The summed E-state index contributed by atoms with van der Waals surface area (Å²) in [4.78, 5) is 18.9. The van der Waals surface area contributed by atoms with Gasteiger partial charge in [0.05, 0.1) is 5.69 Å². The van der Waals surface area contributed by atoms with Gasteiger partial charge in [-0.25, -0.2) is 4.98 Å². The predicted molar refractivity (Wildman–Crippen MR) is 96.4 cm³/mol. The van der Waals surface area contributed by atoms with Crippen LogP contribution in [0.3, 0.4) is 0 Å². The molecule has 3 aromatic rings. The zero-order valence-electron chi connectivity index (χ0n) is 13.3. The van der Waals surface area contributed by atoms with Crippen molar-refractivity contribution in [3.63, 3.8) is 0 Å². The summed E-state index contributed by atoms with van der Waals surface area (Å²) in [5, 5.41) is 3.76. The number of rotatable bonds is 4. The van der Waals surface area contributed by atoms with E-state index >= 15 is 0 Å². The van der Waals surface area contributed by atoms with Crippen LogP contribution in [-0.4, -0.2) is 15.5 Å². The molecule has 1 aromatic carbocycles. The van der Waals surface area contributed by atoms with Crippen LogP contribution in [-0.2, 0) is 17.6 Å². The molecule has 5 heteroatoms. The number of anilines is 1. The number of benzene rings is 1. The van der Waals surface area contributed by atoms with Crippen molar-refractivity contribution in [1.82, 2.24) is 9.55 Å². The van der Waals surface area contributed by atoms with Crippen molar-refractivity contribution < 1.29 is 4.79 Å². The zero-order valence-corrected chi connectivity index (χ0v) is 14.1. The fourth-order valence-electron chi connectivity index (χ4n) is 3.19. The average Bonchev–Trinajstić information content (AvgIpc) is 3.25. The van der Waals surface area contributed by atoms with Gasteiger partial charge in [0.2, 0.25) is 0 Å². The number of carbonyl (C=O) groups excluding carboxylic acids is 1. The third-order valence-electron chi connectivity index (χ3n) is 4.37. The van der Waals surface area contributed by atoms with Gasteiger partial charge in [0, 0.05) is 17.3 Å². The van der Waals surface area contributed by atoms with Crippen molar-refractivity contribution in [2.24, 2.45) is 0 Å². The summed E-state index contributed by atoms with van der Waals surface area (Å²) < 4.78 is 1.93. The maximum Gasteiger partial charge on any atom is 0.253 e. The van der Waals surface area contributed by atoms with E-state index in [4.69, 9.17) is 0 Å². The number of hydrogen-bond donors (Lipinski definition) is 1. The van der Waals surface area contributed by atoms with E-state index in [1.165, 1.54) is 23.4 Å². The summed E-state index contributed by atoms with van der Waals surface area (Å²) in [6.45, 7) is 0. The van der Waals surface area contributed by atoms with Crippen LogP contribution < -0.4 is 5.32 Å². The van der Waals surface area contributed by atoms with E-state index in [1.807, 2.05) is 59.4 Å². The lowest BCUT2D eigenvalue weighted by atomic mass is 10.0. The Kier molecular flexibility index (Phi) is 4.17. The van der Waals surface area contributed by atoms with Crippen LogP contribution in [0, 0.1) is 0 Å². The van der Waals surface area contributed by atoms with Crippen molar-refractivity contribution in [2.45, 2.75) is 31.7 Å². The van der Waals surface area contributed by atoms with Crippen molar-refractivity contribution >= 4 is 22.4 Å². The van der Waals surface area contributed by atoms with Crippen LogP contribution in [0.5, 0.6) is 0 Å². The van der Waals surface area contributed by atoms with E-state index in [9.17, 15) is 4.79 Å². The molecule has 0 fully saturated rings. The highest BCUT2D eigenvalue weighted by atomic mass is 32.1. The lowest BCUT2D eigenvalue weighted by Crippen LogP contribution is -2.26. The van der Waals surface area contributed by atoms with E-state index in [1.54, 1.807) is 11.3 Å². The standard InChI is InChI=1S/C19H19N3OS/c23-18(21-19-20-15-10-4-5-11-16(15)24-19)17(22-12-6-7-13-22)14-8-2-1-3-9-14/h1-3,6-9,12-13,17H,4-5,10-11H2,(H,20,21,23). The Bertz CT molecular complexity index is 800. The second-order valence-corrected chi connectivity index (χ2v) is 7.11. The van der Waals surface area contributed by atoms with E-state index in [-0.39, 0.29) is 11.9 Å². The number of nitrogens with zero attached hydrogens (tertiary/aromatic N) is 2. The molecule has 0 saturated heterocycles. The predicted octanol–water partition coefficient (Wildman–Crippen LogP) is 4.05. The zero-order chi connectivity index (χ0) is 16.4. The van der Waals surface area contributed by atoms with Gasteiger partial charge in [0.15, 0.2) is 5.13 Å². The lowest BCUT2D eigenvalue weighted by molar-refractivity contribution is -0.118. The average molecular weight is 337 g/mol. The van der Waals surface area contributed by atoms with Crippen LogP contribution >= 0.6 is 11.3 Å². The fourth-order valence-corrected chi connectivity index (χ4v) is 4.25. The molecule has 122 valence electrons. The summed E-state index contributed by atoms with van der Waals surface area (Å²) in [7, 11) is 0. The van der Waals surface area contributed by atoms with Crippen LogP contribution in [0.4, 0.5) is 5.13 Å². The number of thiazole rings is 1. The van der Waals surface area contributed by atoms with Gasteiger partial charge in [-0.15, -0.1) is 11.3 Å². The van der Waals surface area contributed by atoms with Crippen LogP contribution in [0.2, 0.25) is 0 Å². The molecule has 1 aliphatic rings. The first kappa shape index (κ1) is 15.1. The minimum absolute atomic E-state index is 0.0523. The number of amides is 1. The molecule has 0 bridgehead atoms. The van der Waals surface area contributed by atoms with E-state index in [0.717, 1.165) is 23.5 Å². The Hall–Kier alpha value is -2.40. The fraction of sp³-hybridized carbons (Fsp3) is 0.263. The highest BCUT2D eigenvalue weighted by molar-refractivity contribution is 7.15. The summed E-state index contributed by atoms with van der Waals surface area (Å²) in [5.74, 6) is -0.0523. The smallest absolute Gasteiger partial charge is 0.253 e. The molecule has 2 heterocycles. The Balaban J connectivity index is 1.61. The molecule has 24 heavy (non-hydrogen) atoms. The number of aryl methyl sites for hydroxylation is 2. The Morgan fingerprint density at radius 1 is 1.08 bits per heavy atom. The van der Waals surface area contributed by atoms with Crippen molar-refractivity contribution in [3.05, 3.63) is 71.0 Å². The van der Waals surface area contributed by atoms with Gasteiger partial charge in [0.25, 0.3) is 5.91 Å². The van der Waals surface area contributed by atoms with Crippen LogP contribution in [0.25, 0.3) is 0 Å². The molecular formula is C19H19N3OS. The molecule has 1 unspecified atom stereocenters. The highest BCUT2D eigenvalue weighted by Gasteiger charge is 2.24. The molecule has 1 N–H and O–H groups in total. The highest BCUT2D eigenvalue weighted by Crippen LogP contribution is 2.30. The third kappa shape index (κ3) is 2.99. The molecular weight excluding hydrogens is 318 g/mol. The van der Waals surface area contributed by atoms with Gasteiger partial charge in [-0.1, -0.05) is 30.3 Å². The first-order valence-electron chi connectivity index (χ1n) is 8.28. The minimum atomic E-state index is -0.387. The Labute approximate surface area is 145 Å². The lowest BCUT2D eigenvalue weighted by Gasteiger charge is -2.18. The van der Waals surface area contributed by atoms with Gasteiger partial charge < -0.3 is 4.57 Å². The molecule has 0 radical (unpaired) electrons. The second kappa shape index (κ2) is 6.61. The summed E-state index contributed by atoms with van der Waals surface area (Å²) in [5.41, 5.74) is 2.13. The summed E-state index contributed by atoms with van der Waals surface area (Å²) in [6, 6.07) is 13.3. The van der Waals surface area contributed by atoms with Crippen LogP contribution in [0.15, 0.2) is 54.9 Å². The Morgan fingerprint density at radius 2 is 1.83 bits per heavy atom. The molecule has 2 aromatic heterocycles. The van der Waals surface area contributed by atoms with E-state index in [0.29, 0.717) is 0 Å². The SMILES string of the molecule is O=C(Nc1nc2c(s1)CCCC2)C(c1ccccc1)n1cccc1. The normalized spacial score (nSPS) is 14.8. The monoisotopic (exact) mass is 337 g/mol. The van der Waals surface area contributed by atoms with Gasteiger partial charge in [-0.3, -0.25) is 10.1 Å². The second-order valence-electron chi connectivity index (χ2n) is 6.03. The Morgan fingerprint density at radius 3 is 2.58 bits per heavy atom. The molecule has 4 nitrogen and oxygen atoms in total. The molecule has 1 aliphatic carbocycles. The molecule has 0 spiro atoms. The minimum Gasteiger partial charge on any atom is -0.338 e. The largest absolute Gasteiger partial charge is 0.338 e. The number of carbonyl (C=O) groups is 1. The van der Waals surface area contributed by atoms with E-state index < -0.39 is 0 Å². The molecule has 4 rings (SSSR count). The quantitative estimate of drug-likeness (QED) is 0.781. The van der Waals surface area contributed by atoms with Gasteiger partial charge >= 0.3 is 0 Å². The number of aromatic nitrogens is 2. The van der Waals surface area contributed by atoms with E-state index in [2.05, 4.69) is 10.3 Å². The third-order valence-corrected chi connectivity index (χ3v) is 5.44. The van der Waals surface area contributed by atoms with Gasteiger partial charge in [-0.05, 0) is 43.4 Å². The number of nitrogens with one attached hydrogen (secondary N) is 1. The van der Waals surface area contributed by atoms with Crippen molar-refractivity contribution in [3.8, 4) is 0 Å². The molecule has 0 aliphatic heterocycles. The van der Waals surface area contributed by atoms with Crippen LogP contribution in [0.1, 0.15) is 35.0 Å². The summed E-state index contributed by atoms with van der Waals surface area (Å²) in [6.07, 6.45) is 8.37. The van der Waals surface area contributed by atoms with Crippen molar-refractivity contribution in [2.75, 3.05) is 5.32 Å². The first-order valence-corrected chi connectivity index (χ1v) is 9.10. The molecule has 0 saturated carbocycles. The summed E-state index contributed by atoms with van der Waals surface area (Å²) >= 11 is 1.62. The maximum atomic E-state index is 13.0. The first-order chi connectivity index (χ1) is 11.8. The molecule has 1 atom stereocenters. The maximum absolute atomic E-state index is 13.0.